The number of thioether (sulfide) groups is 1. The van der Waals surface area contributed by atoms with Crippen molar-refractivity contribution in [3.05, 3.63) is 73.8 Å². The molecule has 0 saturated carbocycles. The van der Waals surface area contributed by atoms with Gasteiger partial charge in [0.1, 0.15) is 0 Å². The molecule has 0 aliphatic carbocycles. The predicted molar refractivity (Wildman–Crippen MR) is 98.1 cm³/mol. The number of carbonyl (C=O) groups excluding carboxylic acids is 1. The lowest BCUT2D eigenvalue weighted by Gasteiger charge is -2.08. The molecule has 0 unspecified atom stereocenters. The Bertz CT molecular complexity index is 736. The van der Waals surface area contributed by atoms with Crippen molar-refractivity contribution in [1.29, 1.82) is 0 Å². The van der Waals surface area contributed by atoms with Gasteiger partial charge >= 0.3 is 0 Å². The number of rotatable bonds is 7. The molecule has 2 rings (SSSR count). The highest BCUT2D eigenvalue weighted by atomic mass is 35.5. The van der Waals surface area contributed by atoms with E-state index < -0.39 is 4.92 Å². The van der Waals surface area contributed by atoms with E-state index in [1.807, 2.05) is 6.07 Å². The zero-order chi connectivity index (χ0) is 17.5. The Morgan fingerprint density at radius 2 is 1.83 bits per heavy atom. The predicted octanol–water partition coefficient (Wildman–Crippen LogP) is 4.56. The van der Waals surface area contributed by atoms with E-state index in [1.54, 1.807) is 42.1 Å². The second-order valence-electron chi connectivity index (χ2n) is 4.83. The van der Waals surface area contributed by atoms with Gasteiger partial charge in [-0.3, -0.25) is 14.9 Å². The summed E-state index contributed by atoms with van der Waals surface area (Å²) in [5.74, 6) is 0.975. The maximum absolute atomic E-state index is 12.1. The maximum Gasteiger partial charge on any atom is 0.269 e. The Morgan fingerprint density at radius 1 is 1.17 bits per heavy atom. The largest absolute Gasteiger partial charge is 0.351 e. The van der Waals surface area contributed by atoms with Crippen LogP contribution in [0.2, 0.25) is 10.0 Å². The first-order valence-corrected chi connectivity index (χ1v) is 8.93. The van der Waals surface area contributed by atoms with E-state index in [0.29, 0.717) is 28.1 Å². The molecule has 0 heterocycles. The van der Waals surface area contributed by atoms with Gasteiger partial charge in [-0.25, -0.2) is 0 Å². The summed E-state index contributed by atoms with van der Waals surface area (Å²) in [7, 11) is 0. The molecule has 8 heteroatoms. The summed E-state index contributed by atoms with van der Waals surface area (Å²) in [6.07, 6.45) is 0. The van der Waals surface area contributed by atoms with Crippen LogP contribution in [-0.4, -0.2) is 23.1 Å². The number of non-ortho nitro benzene ring substituents is 1. The van der Waals surface area contributed by atoms with Crippen LogP contribution in [-0.2, 0) is 5.75 Å². The highest BCUT2D eigenvalue weighted by Crippen LogP contribution is 2.24. The van der Waals surface area contributed by atoms with E-state index in [4.69, 9.17) is 23.2 Å². The van der Waals surface area contributed by atoms with Crippen LogP contribution < -0.4 is 5.32 Å². The van der Waals surface area contributed by atoms with Crippen molar-refractivity contribution in [1.82, 2.24) is 5.32 Å². The number of nitrogens with one attached hydrogen (secondary N) is 1. The number of hydrogen-bond donors (Lipinski definition) is 1. The summed E-state index contributed by atoms with van der Waals surface area (Å²) in [6.45, 7) is 0.444. The second-order valence-corrected chi connectivity index (χ2v) is 6.75. The molecule has 0 bridgehead atoms. The highest BCUT2D eigenvalue weighted by molar-refractivity contribution is 7.98. The summed E-state index contributed by atoms with van der Waals surface area (Å²) in [4.78, 5) is 22.4. The molecule has 2 aromatic rings. The molecular weight excluding hydrogens is 371 g/mol. The van der Waals surface area contributed by atoms with E-state index in [9.17, 15) is 14.9 Å². The molecule has 0 aliphatic rings. The van der Waals surface area contributed by atoms with Crippen LogP contribution in [0.25, 0.3) is 0 Å². The molecule has 0 aliphatic heterocycles. The van der Waals surface area contributed by atoms with Crippen molar-refractivity contribution < 1.29 is 9.72 Å². The molecule has 24 heavy (non-hydrogen) atoms. The number of nitrogens with zero attached hydrogens (tertiary/aromatic N) is 1. The fourth-order valence-corrected chi connectivity index (χ4v) is 3.36. The van der Waals surface area contributed by atoms with Crippen LogP contribution in [0.4, 0.5) is 5.69 Å². The Labute approximate surface area is 153 Å². The molecule has 0 radical (unpaired) electrons. The minimum absolute atomic E-state index is 0.0785. The van der Waals surface area contributed by atoms with Gasteiger partial charge in [0.2, 0.25) is 0 Å². The van der Waals surface area contributed by atoms with Gasteiger partial charge in [0, 0.05) is 30.2 Å². The van der Waals surface area contributed by atoms with Gasteiger partial charge in [-0.05, 0) is 17.7 Å². The Kier molecular flexibility index (Phi) is 6.90. The molecule has 5 nitrogen and oxygen atoms in total. The van der Waals surface area contributed by atoms with Crippen LogP contribution in [0.15, 0.2) is 42.5 Å². The lowest BCUT2D eigenvalue weighted by Crippen LogP contribution is -2.26. The van der Waals surface area contributed by atoms with Crippen molar-refractivity contribution in [2.75, 3.05) is 12.3 Å². The third-order valence-corrected chi connectivity index (χ3v) is 4.77. The molecule has 1 amide bonds. The normalized spacial score (nSPS) is 10.4. The number of halogens is 2. The minimum Gasteiger partial charge on any atom is -0.351 e. The van der Waals surface area contributed by atoms with Gasteiger partial charge in [-0.1, -0.05) is 41.4 Å². The second kappa shape index (κ2) is 8.92. The van der Waals surface area contributed by atoms with Gasteiger partial charge in [-0.15, -0.1) is 0 Å². The van der Waals surface area contributed by atoms with E-state index in [0.717, 1.165) is 5.56 Å². The zero-order valence-corrected chi connectivity index (χ0v) is 14.8. The number of amides is 1. The molecule has 1 N–H and O–H groups in total. The fraction of sp³-hybridized carbons (Fsp3) is 0.188. The van der Waals surface area contributed by atoms with E-state index >= 15 is 0 Å². The molecule has 2 aromatic carbocycles. The monoisotopic (exact) mass is 384 g/mol. The number of nitro benzene ring substituents is 1. The highest BCUT2D eigenvalue weighted by Gasteiger charge is 2.13. The van der Waals surface area contributed by atoms with E-state index in [1.165, 1.54) is 6.07 Å². The third-order valence-electron chi connectivity index (χ3n) is 3.11. The van der Waals surface area contributed by atoms with Crippen molar-refractivity contribution in [3.8, 4) is 0 Å². The van der Waals surface area contributed by atoms with Gasteiger partial charge < -0.3 is 5.32 Å². The topological polar surface area (TPSA) is 72.2 Å². The summed E-state index contributed by atoms with van der Waals surface area (Å²) in [6, 6.07) is 11.4. The molecule has 0 spiro atoms. The fourth-order valence-electron chi connectivity index (χ4n) is 1.99. The SMILES string of the molecule is O=C(NCCSCc1cccc([N+](=O)[O-])c1)c1c(Cl)cccc1Cl. The Balaban J connectivity index is 1.78. The van der Waals surface area contributed by atoms with Gasteiger partial charge in [0.15, 0.2) is 0 Å². The van der Waals surface area contributed by atoms with E-state index in [-0.39, 0.29) is 17.2 Å². The first-order valence-electron chi connectivity index (χ1n) is 7.02. The summed E-state index contributed by atoms with van der Waals surface area (Å²) >= 11 is 13.5. The number of nitro groups is 1. The summed E-state index contributed by atoms with van der Waals surface area (Å²) < 4.78 is 0. The number of hydrogen-bond acceptors (Lipinski definition) is 4. The van der Waals surface area contributed by atoms with Crippen LogP contribution in [0.1, 0.15) is 15.9 Å². The van der Waals surface area contributed by atoms with Crippen molar-refractivity contribution in [2.24, 2.45) is 0 Å². The average Bonchev–Trinajstić information content (AvgIpc) is 2.54. The molecular formula is C16H14Cl2N2O3S. The first-order chi connectivity index (χ1) is 11.5. The lowest BCUT2D eigenvalue weighted by molar-refractivity contribution is -0.384. The van der Waals surface area contributed by atoms with Crippen LogP contribution in [0, 0.1) is 10.1 Å². The van der Waals surface area contributed by atoms with Crippen LogP contribution in [0.3, 0.4) is 0 Å². The average molecular weight is 385 g/mol. The molecule has 0 aromatic heterocycles. The minimum atomic E-state index is -0.415. The van der Waals surface area contributed by atoms with Crippen LogP contribution in [0.5, 0.6) is 0 Å². The third kappa shape index (κ3) is 5.12. The Hall–Kier alpha value is -1.76. The smallest absolute Gasteiger partial charge is 0.269 e. The number of carbonyl (C=O) groups is 1. The molecule has 0 saturated heterocycles. The first kappa shape index (κ1) is 18.6. The van der Waals surface area contributed by atoms with Crippen molar-refractivity contribution in [2.45, 2.75) is 5.75 Å². The van der Waals surface area contributed by atoms with E-state index in [2.05, 4.69) is 5.32 Å². The molecule has 0 atom stereocenters. The summed E-state index contributed by atoms with van der Waals surface area (Å²) in [5, 5.41) is 14.1. The van der Waals surface area contributed by atoms with Gasteiger partial charge in [0.25, 0.3) is 11.6 Å². The molecule has 0 fully saturated rings. The quantitative estimate of drug-likeness (QED) is 0.431. The number of benzene rings is 2. The zero-order valence-electron chi connectivity index (χ0n) is 12.5. The van der Waals surface area contributed by atoms with Crippen molar-refractivity contribution in [3.63, 3.8) is 0 Å². The van der Waals surface area contributed by atoms with Gasteiger partial charge in [0.05, 0.1) is 20.5 Å². The van der Waals surface area contributed by atoms with Crippen LogP contribution >= 0.6 is 35.0 Å². The maximum atomic E-state index is 12.1. The summed E-state index contributed by atoms with van der Waals surface area (Å²) in [5.41, 5.74) is 1.22. The standard InChI is InChI=1S/C16H14Cl2N2O3S/c17-13-5-2-6-14(18)15(13)16(21)19-7-8-24-10-11-3-1-4-12(9-11)20(22)23/h1-6,9H,7-8,10H2,(H,19,21). The lowest BCUT2D eigenvalue weighted by atomic mass is 10.2. The molecule has 126 valence electrons. The van der Waals surface area contributed by atoms with Gasteiger partial charge in [-0.2, -0.15) is 11.8 Å². The Morgan fingerprint density at radius 3 is 2.50 bits per heavy atom. The van der Waals surface area contributed by atoms with Crippen molar-refractivity contribution >= 4 is 46.6 Å².